The number of sulfonamides is 1. The van der Waals surface area contributed by atoms with Crippen molar-refractivity contribution in [2.24, 2.45) is 4.99 Å². The highest BCUT2D eigenvalue weighted by Crippen LogP contribution is 2.22. The van der Waals surface area contributed by atoms with E-state index in [9.17, 15) is 18.0 Å². The lowest BCUT2D eigenvalue weighted by molar-refractivity contribution is -0.148. The van der Waals surface area contributed by atoms with E-state index < -0.39 is 34.5 Å². The van der Waals surface area contributed by atoms with E-state index in [1.54, 1.807) is 30.3 Å². The molecular weight excluding hydrogens is 406 g/mol. The molecule has 0 fully saturated rings. The fourth-order valence-electron chi connectivity index (χ4n) is 2.88. The summed E-state index contributed by atoms with van der Waals surface area (Å²) in [5, 5.41) is 2.66. The van der Waals surface area contributed by atoms with Gasteiger partial charge in [-0.05, 0) is 42.7 Å². The highest BCUT2D eigenvalue weighted by Gasteiger charge is 2.31. The topological polar surface area (TPSA) is 114 Å². The molecule has 1 heterocycles. The van der Waals surface area contributed by atoms with Crippen LogP contribution in [0.1, 0.15) is 37.8 Å². The molecule has 0 radical (unpaired) electrons. The molecule has 3 rings (SSSR count). The number of nitrogens with one attached hydrogen (secondary N) is 2. The number of benzene rings is 2. The number of fused-ring (bicyclic) bond motifs is 1. The second-order valence-corrected chi connectivity index (χ2v) is 8.84. The van der Waals surface area contributed by atoms with Crippen LogP contribution in [0.15, 0.2) is 58.4 Å². The van der Waals surface area contributed by atoms with E-state index in [0.717, 1.165) is 5.56 Å². The summed E-state index contributed by atoms with van der Waals surface area (Å²) < 4.78 is 31.5. The van der Waals surface area contributed by atoms with E-state index in [2.05, 4.69) is 28.9 Å². The van der Waals surface area contributed by atoms with Crippen LogP contribution in [-0.4, -0.2) is 38.8 Å². The highest BCUT2D eigenvalue weighted by atomic mass is 32.2. The van der Waals surface area contributed by atoms with Crippen LogP contribution in [0.25, 0.3) is 0 Å². The molecule has 30 heavy (non-hydrogen) atoms. The molecule has 1 amide bonds. The Labute approximate surface area is 175 Å². The summed E-state index contributed by atoms with van der Waals surface area (Å²) in [6.07, 6.45) is 0. The average molecular weight is 429 g/mol. The van der Waals surface area contributed by atoms with Crippen LogP contribution < -0.4 is 10.0 Å². The molecule has 1 aliphatic heterocycles. The van der Waals surface area contributed by atoms with Gasteiger partial charge < -0.3 is 10.1 Å². The van der Waals surface area contributed by atoms with Gasteiger partial charge in [-0.25, -0.2) is 13.2 Å². The number of nitrogens with zero attached hydrogens (tertiary/aromatic N) is 1. The summed E-state index contributed by atoms with van der Waals surface area (Å²) >= 11 is 0. The number of anilines is 1. The maximum atomic E-state index is 12.2. The maximum absolute atomic E-state index is 12.2. The third-order valence-corrected chi connectivity index (χ3v) is 5.93. The van der Waals surface area contributed by atoms with Crippen molar-refractivity contribution in [2.75, 3.05) is 11.9 Å². The Morgan fingerprint density at radius 2 is 1.73 bits per heavy atom. The molecule has 1 aliphatic rings. The molecule has 9 heteroatoms. The van der Waals surface area contributed by atoms with Crippen LogP contribution in [0.5, 0.6) is 0 Å². The minimum atomic E-state index is -3.69. The van der Waals surface area contributed by atoms with Crippen molar-refractivity contribution in [2.45, 2.75) is 37.6 Å². The summed E-state index contributed by atoms with van der Waals surface area (Å²) in [4.78, 5) is 28.5. The van der Waals surface area contributed by atoms with E-state index in [-0.39, 0.29) is 10.7 Å². The molecule has 158 valence electrons. The van der Waals surface area contributed by atoms with Crippen molar-refractivity contribution in [1.82, 2.24) is 4.72 Å². The molecule has 2 aromatic carbocycles. The third-order valence-electron chi connectivity index (χ3n) is 4.53. The monoisotopic (exact) mass is 429 g/mol. The van der Waals surface area contributed by atoms with Gasteiger partial charge >= 0.3 is 5.97 Å². The second-order valence-electron chi connectivity index (χ2n) is 7.19. The Kier molecular flexibility index (Phi) is 6.21. The van der Waals surface area contributed by atoms with Crippen LogP contribution in [0.3, 0.4) is 0 Å². The SMILES string of the molecule is CC(C)c1ccc(NC(=O)COC(=O)[C@@H](C)N=C2NS(=O)(=O)c3ccccc32)cc1. The van der Waals surface area contributed by atoms with E-state index in [0.29, 0.717) is 17.2 Å². The fourth-order valence-corrected chi connectivity index (χ4v) is 4.12. The molecule has 0 saturated carbocycles. The lowest BCUT2D eigenvalue weighted by Crippen LogP contribution is -2.28. The molecule has 0 aliphatic carbocycles. The first-order valence-corrected chi connectivity index (χ1v) is 10.9. The Hall–Kier alpha value is -3.20. The van der Waals surface area contributed by atoms with Crippen LogP contribution in [0, 0.1) is 0 Å². The first-order valence-electron chi connectivity index (χ1n) is 9.44. The van der Waals surface area contributed by atoms with Crippen LogP contribution in [0.4, 0.5) is 5.69 Å². The third kappa shape index (κ3) is 4.85. The summed E-state index contributed by atoms with van der Waals surface area (Å²) in [5.74, 6) is -0.760. The summed E-state index contributed by atoms with van der Waals surface area (Å²) in [5.41, 5.74) is 2.14. The molecule has 2 N–H and O–H groups in total. The van der Waals surface area contributed by atoms with E-state index in [4.69, 9.17) is 4.74 Å². The zero-order valence-electron chi connectivity index (χ0n) is 16.9. The lowest BCUT2D eigenvalue weighted by Gasteiger charge is -2.10. The van der Waals surface area contributed by atoms with E-state index in [1.165, 1.54) is 13.0 Å². The minimum Gasteiger partial charge on any atom is -0.454 e. The number of esters is 1. The van der Waals surface area contributed by atoms with Crippen molar-refractivity contribution in [1.29, 1.82) is 0 Å². The predicted octanol–water partition coefficient (Wildman–Crippen LogP) is 2.42. The van der Waals surface area contributed by atoms with Gasteiger partial charge in [0.05, 0.1) is 4.90 Å². The first kappa shape index (κ1) is 21.5. The molecule has 0 bridgehead atoms. The average Bonchev–Trinajstić information content (AvgIpc) is 2.96. The normalized spacial score (nSPS) is 16.6. The Morgan fingerprint density at radius 1 is 1.07 bits per heavy atom. The van der Waals surface area contributed by atoms with Crippen molar-refractivity contribution < 1.29 is 22.7 Å². The second kappa shape index (κ2) is 8.66. The summed E-state index contributed by atoms with van der Waals surface area (Å²) in [6.45, 7) is 5.15. The number of hydrogen-bond acceptors (Lipinski definition) is 6. The zero-order valence-corrected chi connectivity index (χ0v) is 17.7. The highest BCUT2D eigenvalue weighted by molar-refractivity contribution is 7.90. The Balaban J connectivity index is 1.57. The fraction of sp³-hybridized carbons (Fsp3) is 0.286. The smallest absolute Gasteiger partial charge is 0.331 e. The Bertz CT molecular complexity index is 1090. The lowest BCUT2D eigenvalue weighted by atomic mass is 10.0. The van der Waals surface area contributed by atoms with E-state index >= 15 is 0 Å². The number of ether oxygens (including phenoxy) is 1. The van der Waals surface area contributed by atoms with Crippen molar-refractivity contribution in [3.63, 3.8) is 0 Å². The van der Waals surface area contributed by atoms with Gasteiger partial charge in [0.15, 0.2) is 6.61 Å². The first-order chi connectivity index (χ1) is 14.2. The zero-order chi connectivity index (χ0) is 21.9. The van der Waals surface area contributed by atoms with Gasteiger partial charge in [-0.3, -0.25) is 14.5 Å². The van der Waals surface area contributed by atoms with Gasteiger partial charge in [-0.2, -0.15) is 0 Å². The van der Waals surface area contributed by atoms with Crippen LogP contribution in [0.2, 0.25) is 0 Å². The number of carbonyl (C=O) groups excluding carboxylic acids is 2. The molecule has 0 unspecified atom stereocenters. The molecule has 0 aromatic heterocycles. The van der Waals surface area contributed by atoms with Crippen molar-refractivity contribution in [3.8, 4) is 0 Å². The number of carbonyl (C=O) groups is 2. The van der Waals surface area contributed by atoms with Crippen LogP contribution >= 0.6 is 0 Å². The predicted molar refractivity (Wildman–Crippen MR) is 113 cm³/mol. The number of amidine groups is 1. The van der Waals surface area contributed by atoms with Gasteiger partial charge in [0.25, 0.3) is 15.9 Å². The Morgan fingerprint density at radius 3 is 2.40 bits per heavy atom. The summed E-state index contributed by atoms with van der Waals surface area (Å²) in [6, 6.07) is 12.8. The quantitative estimate of drug-likeness (QED) is 0.685. The molecule has 1 atom stereocenters. The maximum Gasteiger partial charge on any atom is 0.331 e. The number of rotatable bonds is 6. The molecule has 8 nitrogen and oxygen atoms in total. The molecule has 0 saturated heterocycles. The van der Waals surface area contributed by atoms with Gasteiger partial charge in [0, 0.05) is 11.3 Å². The van der Waals surface area contributed by atoms with Gasteiger partial charge in [-0.15, -0.1) is 0 Å². The van der Waals surface area contributed by atoms with Gasteiger partial charge in [-0.1, -0.05) is 38.1 Å². The minimum absolute atomic E-state index is 0.0738. The van der Waals surface area contributed by atoms with Crippen molar-refractivity contribution >= 4 is 33.4 Å². The van der Waals surface area contributed by atoms with Crippen molar-refractivity contribution in [3.05, 3.63) is 59.7 Å². The standard InChI is InChI=1S/C21H23N3O5S/c1-13(2)15-8-10-16(11-9-15)23-19(25)12-29-21(26)14(3)22-20-17-6-4-5-7-18(17)30(27,28)24-20/h4-11,13-14H,12H2,1-3H3,(H,22,24)(H,23,25)/t14-/m1/s1. The largest absolute Gasteiger partial charge is 0.454 e. The van der Waals surface area contributed by atoms with E-state index in [1.807, 2.05) is 12.1 Å². The molecule has 2 aromatic rings. The number of amides is 1. The number of aliphatic imine (C=N–C) groups is 1. The van der Waals surface area contributed by atoms with Crippen LogP contribution in [-0.2, 0) is 24.3 Å². The van der Waals surface area contributed by atoms with Gasteiger partial charge in [0.2, 0.25) is 0 Å². The van der Waals surface area contributed by atoms with Gasteiger partial charge in [0.1, 0.15) is 11.9 Å². The summed E-state index contributed by atoms with van der Waals surface area (Å²) in [7, 11) is -3.69. The molecule has 0 spiro atoms. The molecular formula is C21H23N3O5S. The number of hydrogen-bond donors (Lipinski definition) is 2.